The molecule has 0 saturated heterocycles. The monoisotopic (exact) mass is 320 g/mol. The van der Waals surface area contributed by atoms with Crippen molar-refractivity contribution in [3.05, 3.63) is 64.0 Å². The number of nitro benzene ring substituents is 1. The zero-order chi connectivity index (χ0) is 16.8. The van der Waals surface area contributed by atoms with Crippen molar-refractivity contribution in [3.8, 4) is 11.5 Å². The van der Waals surface area contributed by atoms with Crippen LogP contribution in [0.2, 0.25) is 0 Å². The largest absolute Gasteiger partial charge is 0.454 e. The second-order valence-electron chi connectivity index (χ2n) is 4.48. The maximum atomic E-state index is 13.8. The van der Waals surface area contributed by atoms with E-state index in [0.717, 1.165) is 18.2 Å². The Hall–Kier alpha value is -3.00. The number of halogens is 1. The van der Waals surface area contributed by atoms with Gasteiger partial charge in [0.05, 0.1) is 17.6 Å². The predicted molar refractivity (Wildman–Crippen MR) is 79.0 cm³/mol. The molecule has 7 nitrogen and oxygen atoms in total. The van der Waals surface area contributed by atoms with Gasteiger partial charge < -0.3 is 15.2 Å². The number of non-ortho nitro benzene ring substituents is 1. The molecule has 0 saturated carbocycles. The lowest BCUT2D eigenvalue weighted by Gasteiger charge is -2.08. The summed E-state index contributed by atoms with van der Waals surface area (Å²) in [5.74, 6) is -1.28. The van der Waals surface area contributed by atoms with E-state index < -0.39 is 16.6 Å². The van der Waals surface area contributed by atoms with Gasteiger partial charge >= 0.3 is 0 Å². The Morgan fingerprint density at radius 3 is 2.74 bits per heavy atom. The molecule has 0 aliphatic rings. The lowest BCUT2D eigenvalue weighted by molar-refractivity contribution is -0.385. The van der Waals surface area contributed by atoms with Crippen LogP contribution in [0.15, 0.2) is 42.5 Å². The summed E-state index contributed by atoms with van der Waals surface area (Å²) in [6, 6.07) is 9.02. The summed E-state index contributed by atoms with van der Waals surface area (Å²) in [4.78, 5) is 21.6. The number of nitrogens with zero attached hydrogens (tertiary/aromatic N) is 1. The van der Waals surface area contributed by atoms with E-state index in [-0.39, 0.29) is 35.9 Å². The van der Waals surface area contributed by atoms with Gasteiger partial charge in [0.25, 0.3) is 11.6 Å². The van der Waals surface area contributed by atoms with E-state index >= 15 is 0 Å². The first kappa shape index (κ1) is 16.4. The SMILES string of the molecule is O=C(NCCO)c1cccc(Oc2ccc([N+](=O)[O-])cc2F)c1. The first-order valence-corrected chi connectivity index (χ1v) is 6.62. The number of aliphatic hydroxyl groups is 1. The average Bonchev–Trinajstić information content (AvgIpc) is 2.54. The normalized spacial score (nSPS) is 10.2. The van der Waals surface area contributed by atoms with E-state index in [1.54, 1.807) is 6.07 Å². The fraction of sp³-hybridized carbons (Fsp3) is 0.133. The number of ether oxygens (including phenoxy) is 1. The highest BCUT2D eigenvalue weighted by molar-refractivity contribution is 5.94. The molecule has 0 radical (unpaired) electrons. The molecule has 2 aromatic rings. The molecule has 0 aliphatic carbocycles. The average molecular weight is 320 g/mol. The third-order valence-electron chi connectivity index (χ3n) is 2.85. The number of nitro groups is 1. The van der Waals surface area contributed by atoms with E-state index in [2.05, 4.69) is 5.32 Å². The van der Waals surface area contributed by atoms with Crippen LogP contribution < -0.4 is 10.1 Å². The van der Waals surface area contributed by atoms with Gasteiger partial charge in [-0.2, -0.15) is 0 Å². The van der Waals surface area contributed by atoms with Gasteiger partial charge in [0.15, 0.2) is 11.6 Å². The first-order valence-electron chi connectivity index (χ1n) is 6.62. The van der Waals surface area contributed by atoms with E-state index in [4.69, 9.17) is 9.84 Å². The van der Waals surface area contributed by atoms with Crippen molar-refractivity contribution in [2.24, 2.45) is 0 Å². The molecular formula is C15H13FN2O5. The van der Waals surface area contributed by atoms with Gasteiger partial charge in [-0.15, -0.1) is 0 Å². The Balaban J connectivity index is 2.17. The van der Waals surface area contributed by atoms with E-state index in [0.29, 0.717) is 0 Å². The fourth-order valence-electron chi connectivity index (χ4n) is 1.79. The number of amides is 1. The molecule has 0 fully saturated rings. The lowest BCUT2D eigenvalue weighted by atomic mass is 10.2. The quantitative estimate of drug-likeness (QED) is 0.628. The van der Waals surface area contributed by atoms with Crippen molar-refractivity contribution in [2.45, 2.75) is 0 Å². The lowest BCUT2D eigenvalue weighted by Crippen LogP contribution is -2.26. The maximum Gasteiger partial charge on any atom is 0.272 e. The number of hydrogen-bond donors (Lipinski definition) is 2. The Morgan fingerprint density at radius 1 is 1.30 bits per heavy atom. The van der Waals surface area contributed by atoms with E-state index in [9.17, 15) is 19.3 Å². The zero-order valence-corrected chi connectivity index (χ0v) is 11.9. The van der Waals surface area contributed by atoms with E-state index in [1.165, 1.54) is 18.2 Å². The molecule has 0 atom stereocenters. The van der Waals surface area contributed by atoms with Crippen LogP contribution in [0.25, 0.3) is 0 Å². The number of nitrogens with one attached hydrogen (secondary N) is 1. The molecule has 2 aromatic carbocycles. The van der Waals surface area contributed by atoms with Gasteiger partial charge in [0, 0.05) is 18.2 Å². The molecule has 0 spiro atoms. The molecule has 120 valence electrons. The van der Waals surface area contributed by atoms with Crippen LogP contribution in [0, 0.1) is 15.9 Å². The minimum atomic E-state index is -0.880. The van der Waals surface area contributed by atoms with Gasteiger partial charge in [-0.1, -0.05) is 6.07 Å². The number of rotatable bonds is 6. The number of carbonyl (C=O) groups is 1. The Kier molecular flexibility index (Phi) is 5.21. The van der Waals surface area contributed by atoms with Crippen LogP contribution in [0.5, 0.6) is 11.5 Å². The van der Waals surface area contributed by atoms with Crippen LogP contribution in [0.1, 0.15) is 10.4 Å². The van der Waals surface area contributed by atoms with Crippen molar-refractivity contribution in [1.29, 1.82) is 0 Å². The number of carbonyl (C=O) groups excluding carboxylic acids is 1. The molecule has 2 N–H and O–H groups in total. The third kappa shape index (κ3) is 4.24. The van der Waals surface area contributed by atoms with Crippen molar-refractivity contribution >= 4 is 11.6 Å². The minimum Gasteiger partial charge on any atom is -0.454 e. The molecule has 2 rings (SSSR count). The van der Waals surface area contributed by atoms with Gasteiger partial charge in [0.1, 0.15) is 5.75 Å². The summed E-state index contributed by atoms with van der Waals surface area (Å²) in [5, 5.41) is 21.7. The summed E-state index contributed by atoms with van der Waals surface area (Å²) in [7, 11) is 0. The van der Waals surface area contributed by atoms with Crippen LogP contribution in [0.3, 0.4) is 0 Å². The highest BCUT2D eigenvalue weighted by atomic mass is 19.1. The molecule has 23 heavy (non-hydrogen) atoms. The highest BCUT2D eigenvalue weighted by Crippen LogP contribution is 2.27. The molecular weight excluding hydrogens is 307 g/mol. The Bertz CT molecular complexity index is 736. The molecule has 0 unspecified atom stereocenters. The summed E-state index contributed by atoms with van der Waals surface area (Å²) >= 11 is 0. The van der Waals surface area contributed by atoms with Crippen molar-refractivity contribution in [2.75, 3.05) is 13.2 Å². The Morgan fingerprint density at radius 2 is 2.09 bits per heavy atom. The number of aliphatic hydroxyl groups excluding tert-OH is 1. The van der Waals surface area contributed by atoms with E-state index in [1.807, 2.05) is 0 Å². The summed E-state index contributed by atoms with van der Waals surface area (Å²) in [6.07, 6.45) is 0. The first-order chi connectivity index (χ1) is 11.0. The van der Waals surface area contributed by atoms with Crippen LogP contribution in [-0.2, 0) is 0 Å². The van der Waals surface area contributed by atoms with Crippen LogP contribution in [-0.4, -0.2) is 29.1 Å². The van der Waals surface area contributed by atoms with Crippen molar-refractivity contribution < 1.29 is 24.0 Å². The fourth-order valence-corrected chi connectivity index (χ4v) is 1.79. The highest BCUT2D eigenvalue weighted by Gasteiger charge is 2.13. The standard InChI is InChI=1S/C15H13FN2O5/c16-13-9-11(18(21)22)4-5-14(13)23-12-3-1-2-10(8-12)15(20)17-6-7-19/h1-5,8-9,19H,6-7H2,(H,17,20). The number of benzene rings is 2. The molecule has 0 aromatic heterocycles. The van der Waals surface area contributed by atoms with Crippen molar-refractivity contribution in [3.63, 3.8) is 0 Å². The molecule has 0 heterocycles. The maximum absolute atomic E-state index is 13.8. The van der Waals surface area contributed by atoms with Gasteiger partial charge in [-0.25, -0.2) is 4.39 Å². The van der Waals surface area contributed by atoms with Gasteiger partial charge in [-0.05, 0) is 24.3 Å². The second-order valence-corrected chi connectivity index (χ2v) is 4.48. The second kappa shape index (κ2) is 7.32. The topological polar surface area (TPSA) is 102 Å². The summed E-state index contributed by atoms with van der Waals surface area (Å²) in [6.45, 7) is -0.0726. The third-order valence-corrected chi connectivity index (χ3v) is 2.85. The number of hydrogen-bond acceptors (Lipinski definition) is 5. The Labute approximate surface area is 130 Å². The van der Waals surface area contributed by atoms with Gasteiger partial charge in [-0.3, -0.25) is 14.9 Å². The van der Waals surface area contributed by atoms with Crippen LogP contribution in [0.4, 0.5) is 10.1 Å². The van der Waals surface area contributed by atoms with Crippen LogP contribution >= 0.6 is 0 Å². The predicted octanol–water partition coefficient (Wildman–Crippen LogP) is 2.25. The smallest absolute Gasteiger partial charge is 0.272 e. The van der Waals surface area contributed by atoms with Gasteiger partial charge in [0.2, 0.25) is 0 Å². The minimum absolute atomic E-state index is 0.112. The molecule has 8 heteroatoms. The molecule has 0 bridgehead atoms. The van der Waals surface area contributed by atoms with Crippen molar-refractivity contribution in [1.82, 2.24) is 5.32 Å². The summed E-state index contributed by atoms with van der Waals surface area (Å²) in [5.41, 5.74) is -0.106. The molecule has 1 amide bonds. The molecule has 0 aliphatic heterocycles. The zero-order valence-electron chi connectivity index (χ0n) is 11.9. The summed E-state index contributed by atoms with van der Waals surface area (Å²) < 4.78 is 19.1.